The molecule has 2 unspecified atom stereocenters. The summed E-state index contributed by atoms with van der Waals surface area (Å²) in [7, 11) is 0. The van der Waals surface area contributed by atoms with Gasteiger partial charge in [0.25, 0.3) is 0 Å². The smallest absolute Gasteiger partial charge is 0.0998 e. The first-order chi connectivity index (χ1) is 10.3. The van der Waals surface area contributed by atoms with Crippen LogP contribution in [-0.4, -0.2) is 18.6 Å². The molecule has 1 aliphatic heterocycles. The highest BCUT2D eigenvalue weighted by Crippen LogP contribution is 2.35. The van der Waals surface area contributed by atoms with Crippen LogP contribution in [0.5, 0.6) is 0 Å². The molecule has 1 fully saturated rings. The predicted octanol–water partition coefficient (Wildman–Crippen LogP) is 3.42. The summed E-state index contributed by atoms with van der Waals surface area (Å²) in [6.07, 6.45) is 3.59. The lowest BCUT2D eigenvalue weighted by Crippen LogP contribution is -2.49. The number of piperidine rings is 1. The molecule has 0 spiro atoms. The number of hydrogen-bond acceptors (Lipinski definition) is 3. The van der Waals surface area contributed by atoms with Crippen molar-refractivity contribution >= 4 is 16.5 Å². The van der Waals surface area contributed by atoms with Crippen LogP contribution < -0.4 is 10.6 Å². The van der Waals surface area contributed by atoms with E-state index in [1.165, 1.54) is 18.5 Å². The van der Waals surface area contributed by atoms with Gasteiger partial charge in [-0.2, -0.15) is 5.26 Å². The van der Waals surface area contributed by atoms with Gasteiger partial charge in [0.1, 0.15) is 0 Å². The number of fused-ring (bicyclic) bond motifs is 1. The van der Waals surface area contributed by atoms with E-state index >= 15 is 0 Å². The highest BCUT2D eigenvalue weighted by molar-refractivity contribution is 5.98. The lowest BCUT2D eigenvalue weighted by molar-refractivity contribution is 0.401. The summed E-state index contributed by atoms with van der Waals surface area (Å²) in [5.74, 6) is 0. The van der Waals surface area contributed by atoms with Gasteiger partial charge in [0.05, 0.1) is 11.6 Å². The third-order valence-electron chi connectivity index (χ3n) is 4.60. The van der Waals surface area contributed by atoms with E-state index in [2.05, 4.69) is 30.0 Å². The van der Waals surface area contributed by atoms with E-state index < -0.39 is 0 Å². The monoisotopic (exact) mass is 279 g/mol. The van der Waals surface area contributed by atoms with E-state index in [9.17, 15) is 5.26 Å². The molecule has 1 heterocycles. The Hall–Kier alpha value is -2.05. The maximum absolute atomic E-state index is 9.30. The van der Waals surface area contributed by atoms with Gasteiger partial charge in [-0.1, -0.05) is 24.3 Å². The van der Waals surface area contributed by atoms with Gasteiger partial charge in [-0.05, 0) is 38.3 Å². The average Bonchev–Trinajstić information content (AvgIpc) is 2.54. The molecule has 0 saturated carbocycles. The summed E-state index contributed by atoms with van der Waals surface area (Å²) in [5, 5.41) is 11.5. The molecule has 108 valence electrons. The van der Waals surface area contributed by atoms with Crippen LogP contribution in [-0.2, 0) is 0 Å². The second-order valence-electron chi connectivity index (χ2n) is 5.87. The van der Waals surface area contributed by atoms with Gasteiger partial charge >= 0.3 is 0 Å². The van der Waals surface area contributed by atoms with Crippen molar-refractivity contribution in [3.8, 4) is 6.07 Å². The first-order valence-corrected chi connectivity index (χ1v) is 7.66. The van der Waals surface area contributed by atoms with Gasteiger partial charge in [0.2, 0.25) is 0 Å². The molecule has 1 aliphatic rings. The molecular formula is C18H21N3. The van der Waals surface area contributed by atoms with Crippen molar-refractivity contribution in [2.75, 3.05) is 11.4 Å². The van der Waals surface area contributed by atoms with Crippen molar-refractivity contribution < 1.29 is 0 Å². The summed E-state index contributed by atoms with van der Waals surface area (Å²) >= 11 is 0. The third kappa shape index (κ3) is 2.36. The van der Waals surface area contributed by atoms with Crippen LogP contribution in [0.4, 0.5) is 5.69 Å². The van der Waals surface area contributed by atoms with Crippen LogP contribution in [0.15, 0.2) is 36.4 Å². The standard InChI is InChI=1S/C18H21N3/c1-13-5-4-6-15(12-20)21(13)18-10-9-14(11-19)16-7-2-3-8-17(16)18/h2-3,7-10,13,15H,4-6,12,20H2,1H3. The Morgan fingerprint density at radius 1 is 1.19 bits per heavy atom. The SMILES string of the molecule is CC1CCCC(CN)N1c1ccc(C#N)c2ccccc12. The number of anilines is 1. The van der Waals surface area contributed by atoms with E-state index in [4.69, 9.17) is 5.73 Å². The van der Waals surface area contributed by atoms with Crippen molar-refractivity contribution in [1.82, 2.24) is 0 Å². The molecule has 1 saturated heterocycles. The topological polar surface area (TPSA) is 53.0 Å². The molecule has 0 bridgehead atoms. The van der Waals surface area contributed by atoms with Gasteiger partial charge in [0, 0.05) is 35.1 Å². The van der Waals surface area contributed by atoms with E-state index in [1.54, 1.807) is 0 Å². The van der Waals surface area contributed by atoms with Gasteiger partial charge in [-0.15, -0.1) is 0 Å². The van der Waals surface area contributed by atoms with Crippen LogP contribution >= 0.6 is 0 Å². The Labute approximate surface area is 126 Å². The van der Waals surface area contributed by atoms with Crippen molar-refractivity contribution in [3.63, 3.8) is 0 Å². The minimum Gasteiger partial charge on any atom is -0.364 e. The summed E-state index contributed by atoms with van der Waals surface area (Å²) in [5.41, 5.74) is 7.95. The molecule has 0 amide bonds. The fraction of sp³-hybridized carbons (Fsp3) is 0.389. The molecule has 2 N–H and O–H groups in total. The molecule has 3 nitrogen and oxygen atoms in total. The zero-order valence-electron chi connectivity index (χ0n) is 12.4. The number of nitrogens with zero attached hydrogens (tertiary/aromatic N) is 2. The molecule has 3 rings (SSSR count). The molecule has 2 aromatic rings. The predicted molar refractivity (Wildman–Crippen MR) is 87.3 cm³/mol. The largest absolute Gasteiger partial charge is 0.364 e. The van der Waals surface area contributed by atoms with E-state index in [1.807, 2.05) is 24.3 Å². The fourth-order valence-corrected chi connectivity index (χ4v) is 3.56. The fourth-order valence-electron chi connectivity index (χ4n) is 3.56. The summed E-state index contributed by atoms with van der Waals surface area (Å²) in [6, 6.07) is 15.4. The molecule has 21 heavy (non-hydrogen) atoms. The maximum atomic E-state index is 9.30. The number of nitrogens with two attached hydrogens (primary N) is 1. The van der Waals surface area contributed by atoms with Gasteiger partial charge < -0.3 is 10.6 Å². The third-order valence-corrected chi connectivity index (χ3v) is 4.60. The highest BCUT2D eigenvalue weighted by Gasteiger charge is 2.28. The van der Waals surface area contributed by atoms with Gasteiger partial charge in [0.15, 0.2) is 0 Å². The minimum absolute atomic E-state index is 0.394. The lowest BCUT2D eigenvalue weighted by Gasteiger charge is -2.42. The average molecular weight is 279 g/mol. The first kappa shape index (κ1) is 13.9. The van der Waals surface area contributed by atoms with Crippen molar-refractivity contribution in [3.05, 3.63) is 42.0 Å². The van der Waals surface area contributed by atoms with Crippen molar-refractivity contribution in [1.29, 1.82) is 5.26 Å². The van der Waals surface area contributed by atoms with Crippen LogP contribution in [0.2, 0.25) is 0 Å². The Morgan fingerprint density at radius 2 is 1.95 bits per heavy atom. The molecule has 0 radical (unpaired) electrons. The van der Waals surface area contributed by atoms with Gasteiger partial charge in [-0.25, -0.2) is 0 Å². The summed E-state index contributed by atoms with van der Waals surface area (Å²) in [6.45, 7) is 2.95. The van der Waals surface area contributed by atoms with Crippen LogP contribution in [0.3, 0.4) is 0 Å². The molecule has 2 aromatic carbocycles. The molecular weight excluding hydrogens is 258 g/mol. The Kier molecular flexibility index (Phi) is 3.81. The maximum Gasteiger partial charge on any atom is 0.0998 e. The Bertz CT molecular complexity index is 686. The molecule has 0 aliphatic carbocycles. The summed E-state index contributed by atoms with van der Waals surface area (Å²) < 4.78 is 0. The zero-order chi connectivity index (χ0) is 14.8. The lowest BCUT2D eigenvalue weighted by atomic mass is 9.93. The van der Waals surface area contributed by atoms with E-state index in [-0.39, 0.29) is 0 Å². The molecule has 0 aromatic heterocycles. The molecule has 2 atom stereocenters. The van der Waals surface area contributed by atoms with Gasteiger partial charge in [-0.3, -0.25) is 0 Å². The van der Waals surface area contributed by atoms with Crippen molar-refractivity contribution in [2.45, 2.75) is 38.3 Å². The second-order valence-corrected chi connectivity index (χ2v) is 5.87. The minimum atomic E-state index is 0.394. The van der Waals surface area contributed by atoms with Crippen LogP contribution in [0, 0.1) is 11.3 Å². The zero-order valence-corrected chi connectivity index (χ0v) is 12.4. The number of rotatable bonds is 2. The quantitative estimate of drug-likeness (QED) is 0.916. The molecule has 3 heteroatoms. The highest BCUT2D eigenvalue weighted by atomic mass is 15.2. The van der Waals surface area contributed by atoms with E-state index in [0.29, 0.717) is 18.6 Å². The second kappa shape index (κ2) is 5.75. The van der Waals surface area contributed by atoms with Crippen LogP contribution in [0.25, 0.3) is 10.8 Å². The van der Waals surface area contributed by atoms with Crippen molar-refractivity contribution in [2.24, 2.45) is 5.73 Å². The Morgan fingerprint density at radius 3 is 2.67 bits per heavy atom. The first-order valence-electron chi connectivity index (χ1n) is 7.66. The number of nitriles is 1. The summed E-state index contributed by atoms with van der Waals surface area (Å²) in [4.78, 5) is 2.47. The number of hydrogen-bond donors (Lipinski definition) is 1. The number of benzene rings is 2. The van der Waals surface area contributed by atoms with E-state index in [0.717, 1.165) is 22.8 Å². The normalized spacial score (nSPS) is 22.2. The Balaban J connectivity index is 2.18. The van der Waals surface area contributed by atoms with Crippen LogP contribution in [0.1, 0.15) is 31.7 Å².